The molecule has 0 aromatic carbocycles. The van der Waals surface area contributed by atoms with Gasteiger partial charge in [-0.2, -0.15) is 0 Å². The molecule has 0 aliphatic carbocycles. The molecule has 0 saturated carbocycles. The maximum Gasteiger partial charge on any atom is 0.0483 e. The number of ether oxygens (including phenoxy) is 2. The van der Waals surface area contributed by atoms with Crippen molar-refractivity contribution < 1.29 is 9.47 Å². The van der Waals surface area contributed by atoms with Crippen molar-refractivity contribution in [2.75, 3.05) is 26.9 Å². The Labute approximate surface area is 86.9 Å². The SMILES string of the molecule is COCCC(C)C1(N)CCCOCC1. The molecule has 2 unspecified atom stereocenters. The molecule has 2 N–H and O–H groups in total. The second-order valence-corrected chi connectivity index (χ2v) is 4.38. The molecule has 1 fully saturated rings. The van der Waals surface area contributed by atoms with Gasteiger partial charge in [0.15, 0.2) is 0 Å². The molecule has 3 heteroatoms. The molecular formula is C11H23NO2. The average Bonchev–Trinajstić information content (AvgIpc) is 2.40. The fourth-order valence-electron chi connectivity index (χ4n) is 2.07. The van der Waals surface area contributed by atoms with Crippen molar-refractivity contribution in [2.45, 2.75) is 38.1 Å². The summed E-state index contributed by atoms with van der Waals surface area (Å²) in [5, 5.41) is 0. The zero-order valence-corrected chi connectivity index (χ0v) is 9.42. The molecule has 0 aromatic heterocycles. The minimum atomic E-state index is -0.0327. The zero-order valence-electron chi connectivity index (χ0n) is 9.42. The van der Waals surface area contributed by atoms with E-state index in [1.807, 2.05) is 0 Å². The summed E-state index contributed by atoms with van der Waals surface area (Å²) in [5.74, 6) is 0.518. The Balaban J connectivity index is 2.43. The zero-order chi connectivity index (χ0) is 10.4. The molecule has 0 aromatic rings. The molecule has 2 atom stereocenters. The van der Waals surface area contributed by atoms with Crippen LogP contribution in [0.15, 0.2) is 0 Å². The van der Waals surface area contributed by atoms with Crippen molar-refractivity contribution in [3.8, 4) is 0 Å². The molecular weight excluding hydrogens is 178 g/mol. The minimum Gasteiger partial charge on any atom is -0.385 e. The van der Waals surface area contributed by atoms with Gasteiger partial charge in [-0.3, -0.25) is 0 Å². The van der Waals surface area contributed by atoms with E-state index in [1.165, 1.54) is 0 Å². The minimum absolute atomic E-state index is 0.0327. The van der Waals surface area contributed by atoms with Crippen molar-refractivity contribution in [2.24, 2.45) is 11.7 Å². The Hall–Kier alpha value is -0.120. The predicted octanol–water partition coefficient (Wildman–Crippen LogP) is 1.56. The number of methoxy groups -OCH3 is 1. The highest BCUT2D eigenvalue weighted by molar-refractivity contribution is 4.90. The van der Waals surface area contributed by atoms with Crippen molar-refractivity contribution in [1.82, 2.24) is 0 Å². The maximum absolute atomic E-state index is 6.41. The Morgan fingerprint density at radius 3 is 2.93 bits per heavy atom. The monoisotopic (exact) mass is 201 g/mol. The van der Waals surface area contributed by atoms with Crippen molar-refractivity contribution >= 4 is 0 Å². The molecule has 0 bridgehead atoms. The molecule has 84 valence electrons. The molecule has 14 heavy (non-hydrogen) atoms. The Morgan fingerprint density at radius 2 is 2.21 bits per heavy atom. The first-order valence-corrected chi connectivity index (χ1v) is 5.54. The highest BCUT2D eigenvalue weighted by Crippen LogP contribution is 2.28. The highest BCUT2D eigenvalue weighted by Gasteiger charge is 2.32. The third-order valence-corrected chi connectivity index (χ3v) is 3.38. The van der Waals surface area contributed by atoms with Gasteiger partial charge in [-0.15, -0.1) is 0 Å². The smallest absolute Gasteiger partial charge is 0.0483 e. The first-order chi connectivity index (χ1) is 6.69. The van der Waals surface area contributed by atoms with Crippen LogP contribution in [0.4, 0.5) is 0 Å². The van der Waals surface area contributed by atoms with Crippen LogP contribution < -0.4 is 5.73 Å². The normalized spacial score (nSPS) is 31.1. The molecule has 1 heterocycles. The summed E-state index contributed by atoms with van der Waals surface area (Å²) >= 11 is 0. The van der Waals surface area contributed by atoms with E-state index in [1.54, 1.807) is 7.11 Å². The summed E-state index contributed by atoms with van der Waals surface area (Å²) in [6, 6.07) is 0. The van der Waals surface area contributed by atoms with Crippen molar-refractivity contribution in [1.29, 1.82) is 0 Å². The van der Waals surface area contributed by atoms with Gasteiger partial charge in [0.05, 0.1) is 0 Å². The highest BCUT2D eigenvalue weighted by atomic mass is 16.5. The van der Waals surface area contributed by atoms with Crippen LogP contribution in [-0.4, -0.2) is 32.5 Å². The summed E-state index contributed by atoms with van der Waals surface area (Å²) in [5.41, 5.74) is 6.38. The fourth-order valence-corrected chi connectivity index (χ4v) is 2.07. The number of nitrogens with two attached hydrogens (primary N) is 1. The largest absolute Gasteiger partial charge is 0.385 e. The van der Waals surface area contributed by atoms with Gasteiger partial charge in [-0.1, -0.05) is 6.92 Å². The Kier molecular flexibility index (Phi) is 4.85. The summed E-state index contributed by atoms with van der Waals surface area (Å²) in [6.45, 7) is 4.72. The van der Waals surface area contributed by atoms with Crippen LogP contribution in [0.2, 0.25) is 0 Å². The number of rotatable bonds is 4. The van der Waals surface area contributed by atoms with E-state index in [0.717, 1.165) is 45.5 Å². The van der Waals surface area contributed by atoms with Crippen molar-refractivity contribution in [3.05, 3.63) is 0 Å². The van der Waals surface area contributed by atoms with E-state index < -0.39 is 0 Å². The molecule has 1 rings (SSSR count). The van der Waals surface area contributed by atoms with E-state index in [-0.39, 0.29) is 5.54 Å². The van der Waals surface area contributed by atoms with E-state index in [0.29, 0.717) is 5.92 Å². The van der Waals surface area contributed by atoms with Crippen LogP contribution in [0.25, 0.3) is 0 Å². The van der Waals surface area contributed by atoms with Crippen LogP contribution in [-0.2, 0) is 9.47 Å². The number of hydrogen-bond donors (Lipinski definition) is 1. The summed E-state index contributed by atoms with van der Waals surface area (Å²) in [7, 11) is 1.74. The van der Waals surface area contributed by atoms with Gasteiger partial charge in [-0.05, 0) is 31.6 Å². The van der Waals surface area contributed by atoms with Gasteiger partial charge < -0.3 is 15.2 Å². The molecule has 1 aliphatic heterocycles. The standard InChI is InChI=1S/C11H23NO2/c1-10(4-8-13-2)11(12)5-3-7-14-9-6-11/h10H,3-9,12H2,1-2H3. The number of hydrogen-bond acceptors (Lipinski definition) is 3. The Bertz CT molecular complexity index is 153. The van der Waals surface area contributed by atoms with E-state index >= 15 is 0 Å². The third-order valence-electron chi connectivity index (χ3n) is 3.38. The van der Waals surface area contributed by atoms with Gasteiger partial charge in [0.1, 0.15) is 0 Å². The molecule has 1 saturated heterocycles. The van der Waals surface area contributed by atoms with Gasteiger partial charge >= 0.3 is 0 Å². The summed E-state index contributed by atoms with van der Waals surface area (Å²) < 4.78 is 10.5. The molecule has 3 nitrogen and oxygen atoms in total. The molecule has 0 spiro atoms. The lowest BCUT2D eigenvalue weighted by molar-refractivity contribution is 0.124. The third kappa shape index (κ3) is 3.23. The summed E-state index contributed by atoms with van der Waals surface area (Å²) in [6.07, 6.45) is 4.20. The summed E-state index contributed by atoms with van der Waals surface area (Å²) in [4.78, 5) is 0. The van der Waals surface area contributed by atoms with E-state index in [4.69, 9.17) is 15.2 Å². The van der Waals surface area contributed by atoms with E-state index in [2.05, 4.69) is 6.92 Å². The van der Waals surface area contributed by atoms with Gasteiger partial charge in [0.25, 0.3) is 0 Å². The fraction of sp³-hybridized carbons (Fsp3) is 1.00. The van der Waals surface area contributed by atoms with Crippen LogP contribution in [0.3, 0.4) is 0 Å². The van der Waals surface area contributed by atoms with Crippen LogP contribution in [0.1, 0.15) is 32.6 Å². The molecule has 0 amide bonds. The van der Waals surface area contributed by atoms with Gasteiger partial charge in [-0.25, -0.2) is 0 Å². The van der Waals surface area contributed by atoms with E-state index in [9.17, 15) is 0 Å². The lowest BCUT2D eigenvalue weighted by Gasteiger charge is -2.34. The Morgan fingerprint density at radius 1 is 1.43 bits per heavy atom. The second-order valence-electron chi connectivity index (χ2n) is 4.38. The second kappa shape index (κ2) is 5.69. The quantitative estimate of drug-likeness (QED) is 0.750. The van der Waals surface area contributed by atoms with Crippen molar-refractivity contribution in [3.63, 3.8) is 0 Å². The first-order valence-electron chi connectivity index (χ1n) is 5.54. The molecule has 0 radical (unpaired) electrons. The maximum atomic E-state index is 6.41. The van der Waals surface area contributed by atoms with Crippen LogP contribution in [0, 0.1) is 5.92 Å². The lowest BCUT2D eigenvalue weighted by atomic mass is 9.78. The van der Waals surface area contributed by atoms with Gasteiger partial charge in [0, 0.05) is 32.5 Å². The average molecular weight is 201 g/mol. The first kappa shape index (κ1) is 12.0. The van der Waals surface area contributed by atoms with Crippen LogP contribution in [0.5, 0.6) is 0 Å². The topological polar surface area (TPSA) is 44.5 Å². The van der Waals surface area contributed by atoms with Gasteiger partial charge in [0.2, 0.25) is 0 Å². The van der Waals surface area contributed by atoms with Crippen LogP contribution >= 0.6 is 0 Å². The predicted molar refractivity (Wildman–Crippen MR) is 57.2 cm³/mol. The lowest BCUT2D eigenvalue weighted by Crippen LogP contribution is -2.46. The molecule has 1 aliphatic rings.